The molecule has 0 unspecified atom stereocenters. The number of hydrogen-bond acceptors (Lipinski definition) is 4. The lowest BCUT2D eigenvalue weighted by Crippen LogP contribution is -2.49. The van der Waals surface area contributed by atoms with Gasteiger partial charge in [-0.25, -0.2) is 0 Å². The van der Waals surface area contributed by atoms with Gasteiger partial charge in [0.2, 0.25) is 5.91 Å². The highest BCUT2D eigenvalue weighted by Gasteiger charge is 2.23. The second-order valence-electron chi connectivity index (χ2n) is 4.78. The fourth-order valence-corrected chi connectivity index (χ4v) is 3.08. The summed E-state index contributed by atoms with van der Waals surface area (Å²) in [5, 5.41) is 0. The highest BCUT2D eigenvalue weighted by atomic mass is 32.1. The number of rotatable bonds is 3. The van der Waals surface area contributed by atoms with E-state index in [0.717, 1.165) is 21.9 Å². The Morgan fingerprint density at radius 1 is 1.39 bits per heavy atom. The molecule has 1 aromatic rings. The first-order chi connectivity index (χ1) is 8.47. The average Bonchev–Trinajstić information content (AvgIpc) is 2.63. The topological polar surface area (TPSA) is 40.6 Å². The molecule has 0 aliphatic carbocycles. The van der Waals surface area contributed by atoms with Crippen LogP contribution in [0.1, 0.15) is 20.1 Å². The summed E-state index contributed by atoms with van der Waals surface area (Å²) in [5.74, 6) is 0.210. The lowest BCUT2D eigenvalue weighted by Gasteiger charge is -2.31. The second kappa shape index (κ2) is 5.20. The summed E-state index contributed by atoms with van der Waals surface area (Å²) in [6, 6.07) is 1.94. The molecule has 1 aliphatic rings. The number of piperazine rings is 1. The van der Waals surface area contributed by atoms with E-state index in [4.69, 9.17) is 0 Å². The van der Waals surface area contributed by atoms with Crippen LogP contribution in [0.15, 0.2) is 6.07 Å². The van der Waals surface area contributed by atoms with Gasteiger partial charge in [0.05, 0.1) is 13.1 Å². The number of ketones is 1. The Balaban J connectivity index is 2.00. The Kier molecular flexibility index (Phi) is 3.82. The van der Waals surface area contributed by atoms with Crippen LogP contribution in [0.2, 0.25) is 0 Å². The molecule has 0 spiro atoms. The molecule has 4 nitrogen and oxygen atoms in total. The van der Waals surface area contributed by atoms with Crippen molar-refractivity contribution in [3.8, 4) is 0 Å². The Bertz CT molecular complexity index is 481. The van der Waals surface area contributed by atoms with E-state index >= 15 is 0 Å². The first-order valence-electron chi connectivity index (χ1n) is 6.04. The van der Waals surface area contributed by atoms with Crippen LogP contribution in [-0.2, 0) is 4.79 Å². The Morgan fingerprint density at radius 3 is 2.67 bits per heavy atom. The molecule has 0 saturated carbocycles. The summed E-state index contributed by atoms with van der Waals surface area (Å²) in [5.41, 5.74) is 0.809. The zero-order chi connectivity index (χ0) is 13.3. The van der Waals surface area contributed by atoms with E-state index in [9.17, 15) is 9.59 Å². The van der Waals surface area contributed by atoms with Gasteiger partial charge >= 0.3 is 0 Å². The molecular formula is C13H18N2O2S. The molecule has 0 radical (unpaired) electrons. The summed E-state index contributed by atoms with van der Waals surface area (Å²) in [4.78, 5) is 29.6. The number of carbonyl (C=O) groups excluding carboxylic acids is 2. The van der Waals surface area contributed by atoms with Gasteiger partial charge in [-0.15, -0.1) is 11.3 Å². The predicted molar refractivity (Wildman–Crippen MR) is 72.2 cm³/mol. The Hall–Kier alpha value is -1.20. The highest BCUT2D eigenvalue weighted by molar-refractivity contribution is 7.12. The van der Waals surface area contributed by atoms with Crippen molar-refractivity contribution in [3.05, 3.63) is 21.4 Å². The minimum Gasteiger partial charge on any atom is -0.343 e. The Morgan fingerprint density at radius 2 is 2.11 bits per heavy atom. The maximum Gasteiger partial charge on any atom is 0.236 e. The summed E-state index contributed by atoms with van der Waals surface area (Å²) < 4.78 is 0. The molecule has 0 bridgehead atoms. The van der Waals surface area contributed by atoms with Crippen LogP contribution in [0.25, 0.3) is 0 Å². The number of thiophene rings is 1. The van der Waals surface area contributed by atoms with Crippen LogP contribution < -0.4 is 0 Å². The molecule has 1 amide bonds. The predicted octanol–water partition coefficient (Wildman–Crippen LogP) is 1.32. The maximum absolute atomic E-state index is 12.2. The minimum atomic E-state index is 0.0901. The van der Waals surface area contributed by atoms with Gasteiger partial charge in [-0.1, -0.05) is 0 Å². The van der Waals surface area contributed by atoms with Gasteiger partial charge in [0, 0.05) is 35.5 Å². The highest BCUT2D eigenvalue weighted by Crippen LogP contribution is 2.21. The number of Topliss-reactive ketones (excluding diaryl/α,β-unsaturated/α-hetero) is 1. The van der Waals surface area contributed by atoms with Crippen LogP contribution in [0.4, 0.5) is 0 Å². The minimum absolute atomic E-state index is 0.0901. The van der Waals surface area contributed by atoms with Crippen molar-refractivity contribution in [1.82, 2.24) is 9.80 Å². The van der Waals surface area contributed by atoms with Crippen LogP contribution in [-0.4, -0.2) is 54.7 Å². The summed E-state index contributed by atoms with van der Waals surface area (Å²) in [6.07, 6.45) is 0. The standard InChI is InChI=1S/C13H18N2O2S/c1-9-6-11(10(2)18-9)12(16)7-15-5-4-14(3)13(17)8-15/h6H,4-5,7-8H2,1-3H3. The molecular weight excluding hydrogens is 248 g/mol. The fourth-order valence-electron chi connectivity index (χ4n) is 2.14. The summed E-state index contributed by atoms with van der Waals surface area (Å²) in [6.45, 7) is 6.15. The van der Waals surface area contributed by atoms with Gasteiger partial charge < -0.3 is 4.90 Å². The second-order valence-corrected chi connectivity index (χ2v) is 6.24. The SMILES string of the molecule is Cc1cc(C(=O)CN2CCN(C)C(=O)C2)c(C)s1. The van der Waals surface area contributed by atoms with E-state index in [0.29, 0.717) is 19.6 Å². The van der Waals surface area contributed by atoms with Crippen molar-refractivity contribution < 1.29 is 9.59 Å². The smallest absolute Gasteiger partial charge is 0.236 e. The molecule has 2 heterocycles. The van der Waals surface area contributed by atoms with Crippen molar-refractivity contribution in [2.45, 2.75) is 13.8 Å². The third-order valence-corrected chi connectivity index (χ3v) is 4.21. The third kappa shape index (κ3) is 2.79. The van der Waals surface area contributed by atoms with Crippen molar-refractivity contribution in [1.29, 1.82) is 0 Å². The number of aryl methyl sites for hydroxylation is 2. The van der Waals surface area contributed by atoms with E-state index < -0.39 is 0 Å². The zero-order valence-corrected chi connectivity index (χ0v) is 11.8. The summed E-state index contributed by atoms with van der Waals surface area (Å²) >= 11 is 1.65. The number of nitrogens with zero attached hydrogens (tertiary/aromatic N) is 2. The molecule has 18 heavy (non-hydrogen) atoms. The number of amides is 1. The molecule has 1 saturated heterocycles. The molecule has 5 heteroatoms. The van der Waals surface area contributed by atoms with Crippen molar-refractivity contribution in [2.24, 2.45) is 0 Å². The number of carbonyl (C=O) groups is 2. The van der Waals surface area contributed by atoms with E-state index in [1.165, 1.54) is 0 Å². The lowest BCUT2D eigenvalue weighted by atomic mass is 10.1. The fraction of sp³-hybridized carbons (Fsp3) is 0.538. The van der Waals surface area contributed by atoms with Crippen LogP contribution >= 0.6 is 11.3 Å². The van der Waals surface area contributed by atoms with Crippen LogP contribution in [0.5, 0.6) is 0 Å². The van der Waals surface area contributed by atoms with Gasteiger partial charge in [-0.2, -0.15) is 0 Å². The third-order valence-electron chi connectivity index (χ3n) is 3.24. The number of hydrogen-bond donors (Lipinski definition) is 0. The molecule has 1 aliphatic heterocycles. The average molecular weight is 266 g/mol. The first-order valence-corrected chi connectivity index (χ1v) is 6.85. The normalized spacial score (nSPS) is 17.3. The first kappa shape index (κ1) is 13.2. The maximum atomic E-state index is 12.2. The van der Waals surface area contributed by atoms with E-state index in [-0.39, 0.29) is 11.7 Å². The molecule has 0 atom stereocenters. The van der Waals surface area contributed by atoms with Crippen molar-refractivity contribution >= 4 is 23.0 Å². The van der Waals surface area contributed by atoms with Gasteiger partial charge in [0.15, 0.2) is 5.78 Å². The quantitative estimate of drug-likeness (QED) is 0.775. The van der Waals surface area contributed by atoms with Crippen LogP contribution in [0, 0.1) is 13.8 Å². The molecule has 0 aromatic carbocycles. The molecule has 2 rings (SSSR count). The summed E-state index contributed by atoms with van der Waals surface area (Å²) in [7, 11) is 1.80. The van der Waals surface area contributed by atoms with Gasteiger partial charge in [-0.3, -0.25) is 14.5 Å². The van der Waals surface area contributed by atoms with E-state index in [1.54, 1.807) is 23.3 Å². The van der Waals surface area contributed by atoms with Gasteiger partial charge in [-0.05, 0) is 19.9 Å². The molecule has 0 N–H and O–H groups in total. The van der Waals surface area contributed by atoms with E-state index in [2.05, 4.69) is 0 Å². The molecule has 1 aromatic heterocycles. The Labute approximate surface area is 111 Å². The van der Waals surface area contributed by atoms with Gasteiger partial charge in [0.1, 0.15) is 0 Å². The molecule has 98 valence electrons. The molecule has 1 fully saturated rings. The monoisotopic (exact) mass is 266 g/mol. The van der Waals surface area contributed by atoms with E-state index in [1.807, 2.05) is 24.8 Å². The van der Waals surface area contributed by atoms with Crippen LogP contribution in [0.3, 0.4) is 0 Å². The van der Waals surface area contributed by atoms with Gasteiger partial charge in [0.25, 0.3) is 0 Å². The number of likely N-dealkylation sites (N-methyl/N-ethyl adjacent to an activating group) is 1. The largest absolute Gasteiger partial charge is 0.343 e. The van der Waals surface area contributed by atoms with Crippen molar-refractivity contribution in [2.75, 3.05) is 33.2 Å². The van der Waals surface area contributed by atoms with Crippen molar-refractivity contribution in [3.63, 3.8) is 0 Å². The lowest BCUT2D eigenvalue weighted by molar-refractivity contribution is -0.134. The zero-order valence-electron chi connectivity index (χ0n) is 11.0.